The van der Waals surface area contributed by atoms with Crippen LogP contribution >= 0.6 is 27.3 Å². The van der Waals surface area contributed by atoms with Crippen LogP contribution in [-0.4, -0.2) is 25.7 Å². The number of nitrogens with zero attached hydrogens (tertiary/aromatic N) is 4. The third-order valence-electron chi connectivity index (χ3n) is 4.01. The van der Waals surface area contributed by atoms with E-state index in [-0.39, 0.29) is 5.91 Å². The SMILES string of the molecule is CCCc1nnc2sc(-c3ccc(NC(=O)c4cccc(Br)c4)cc3)nn12. The second-order valence-corrected chi connectivity index (χ2v) is 7.88. The molecule has 0 radical (unpaired) electrons. The second kappa shape index (κ2) is 7.58. The lowest BCUT2D eigenvalue weighted by atomic mass is 10.2. The summed E-state index contributed by atoms with van der Waals surface area (Å²) < 4.78 is 2.68. The average Bonchev–Trinajstić information content (AvgIpc) is 3.25. The largest absolute Gasteiger partial charge is 0.322 e. The fourth-order valence-electron chi connectivity index (χ4n) is 2.68. The number of amides is 1. The molecule has 1 amide bonds. The van der Waals surface area contributed by atoms with Crippen molar-refractivity contribution in [3.63, 3.8) is 0 Å². The lowest BCUT2D eigenvalue weighted by molar-refractivity contribution is 0.102. The maximum atomic E-state index is 12.3. The second-order valence-electron chi connectivity index (χ2n) is 6.01. The van der Waals surface area contributed by atoms with Crippen molar-refractivity contribution in [1.82, 2.24) is 19.8 Å². The maximum absolute atomic E-state index is 12.3. The van der Waals surface area contributed by atoms with Crippen LogP contribution in [0.25, 0.3) is 15.5 Å². The number of hydrogen-bond acceptors (Lipinski definition) is 5. The number of aromatic nitrogens is 4. The van der Waals surface area contributed by atoms with Crippen LogP contribution in [0.1, 0.15) is 29.5 Å². The molecule has 2 aromatic carbocycles. The van der Waals surface area contributed by atoms with E-state index in [1.54, 1.807) is 12.1 Å². The number of fused-ring (bicyclic) bond motifs is 1. The molecule has 0 aliphatic rings. The summed E-state index contributed by atoms with van der Waals surface area (Å²) in [5, 5.41) is 16.8. The normalized spacial score (nSPS) is 11.0. The van der Waals surface area contributed by atoms with Gasteiger partial charge in [-0.25, -0.2) is 0 Å². The van der Waals surface area contributed by atoms with Crippen LogP contribution in [-0.2, 0) is 6.42 Å². The van der Waals surface area contributed by atoms with Crippen LogP contribution in [0, 0.1) is 0 Å². The zero-order valence-corrected chi connectivity index (χ0v) is 16.9. The third-order valence-corrected chi connectivity index (χ3v) is 5.45. The molecule has 2 aromatic heterocycles. The fraction of sp³-hybridized carbons (Fsp3) is 0.158. The van der Waals surface area contributed by atoms with E-state index in [0.29, 0.717) is 5.56 Å². The van der Waals surface area contributed by atoms with E-state index in [0.717, 1.165) is 44.4 Å². The smallest absolute Gasteiger partial charge is 0.255 e. The third kappa shape index (κ3) is 3.77. The van der Waals surface area contributed by atoms with Gasteiger partial charge in [0.25, 0.3) is 5.91 Å². The minimum atomic E-state index is -0.146. The molecule has 0 saturated heterocycles. The first-order chi connectivity index (χ1) is 13.1. The highest BCUT2D eigenvalue weighted by atomic mass is 79.9. The summed E-state index contributed by atoms with van der Waals surface area (Å²) in [6.45, 7) is 2.11. The van der Waals surface area contributed by atoms with Crippen molar-refractivity contribution in [2.75, 3.05) is 5.32 Å². The van der Waals surface area contributed by atoms with Gasteiger partial charge >= 0.3 is 0 Å². The van der Waals surface area contributed by atoms with Gasteiger partial charge in [-0.1, -0.05) is 40.3 Å². The Balaban J connectivity index is 1.53. The van der Waals surface area contributed by atoms with Crippen molar-refractivity contribution in [3.05, 3.63) is 64.4 Å². The van der Waals surface area contributed by atoms with Gasteiger partial charge < -0.3 is 5.32 Å². The van der Waals surface area contributed by atoms with Crippen molar-refractivity contribution in [1.29, 1.82) is 0 Å². The molecule has 4 aromatic rings. The quantitative estimate of drug-likeness (QED) is 0.481. The van der Waals surface area contributed by atoms with E-state index in [4.69, 9.17) is 0 Å². The molecule has 0 fully saturated rings. The number of carbonyl (C=O) groups excluding carboxylic acids is 1. The van der Waals surface area contributed by atoms with Crippen LogP contribution in [0.4, 0.5) is 5.69 Å². The molecule has 27 heavy (non-hydrogen) atoms. The first-order valence-corrected chi connectivity index (χ1v) is 10.1. The topological polar surface area (TPSA) is 72.2 Å². The number of carbonyl (C=O) groups is 1. The van der Waals surface area contributed by atoms with Gasteiger partial charge in [-0.2, -0.15) is 9.61 Å². The van der Waals surface area contributed by atoms with E-state index >= 15 is 0 Å². The van der Waals surface area contributed by atoms with Crippen molar-refractivity contribution < 1.29 is 4.79 Å². The highest BCUT2D eigenvalue weighted by Crippen LogP contribution is 2.27. The first-order valence-electron chi connectivity index (χ1n) is 8.52. The molecule has 0 aliphatic heterocycles. The highest BCUT2D eigenvalue weighted by molar-refractivity contribution is 9.10. The molecule has 2 heterocycles. The summed E-state index contributed by atoms with van der Waals surface area (Å²) in [4.78, 5) is 13.1. The minimum absolute atomic E-state index is 0.146. The Bertz CT molecular complexity index is 1100. The predicted molar refractivity (Wildman–Crippen MR) is 110 cm³/mol. The summed E-state index contributed by atoms with van der Waals surface area (Å²) in [5.74, 6) is 0.736. The highest BCUT2D eigenvalue weighted by Gasteiger charge is 2.13. The summed E-state index contributed by atoms with van der Waals surface area (Å²) >= 11 is 4.88. The van der Waals surface area contributed by atoms with Crippen molar-refractivity contribution in [2.45, 2.75) is 19.8 Å². The van der Waals surface area contributed by atoms with Crippen LogP contribution in [0.5, 0.6) is 0 Å². The molecule has 0 atom stereocenters. The van der Waals surface area contributed by atoms with E-state index in [2.05, 4.69) is 43.5 Å². The maximum Gasteiger partial charge on any atom is 0.255 e. The van der Waals surface area contributed by atoms with Crippen molar-refractivity contribution in [3.8, 4) is 10.6 Å². The Hall–Kier alpha value is -2.58. The van der Waals surface area contributed by atoms with E-state index < -0.39 is 0 Å². The van der Waals surface area contributed by atoms with Gasteiger partial charge in [-0.05, 0) is 48.9 Å². The summed E-state index contributed by atoms with van der Waals surface area (Å²) in [6, 6.07) is 14.9. The molecule has 6 nitrogen and oxygen atoms in total. The van der Waals surface area contributed by atoms with Gasteiger partial charge in [-0.3, -0.25) is 4.79 Å². The lowest BCUT2D eigenvalue weighted by Gasteiger charge is -2.06. The van der Waals surface area contributed by atoms with Crippen LogP contribution < -0.4 is 5.32 Å². The zero-order chi connectivity index (χ0) is 18.8. The van der Waals surface area contributed by atoms with Gasteiger partial charge in [0.2, 0.25) is 4.96 Å². The molecule has 4 rings (SSSR count). The number of nitrogens with one attached hydrogen (secondary N) is 1. The van der Waals surface area contributed by atoms with Gasteiger partial charge in [0.05, 0.1) is 0 Å². The summed E-state index contributed by atoms with van der Waals surface area (Å²) in [5.41, 5.74) is 2.32. The number of hydrogen-bond donors (Lipinski definition) is 1. The fourth-order valence-corrected chi connectivity index (χ4v) is 3.95. The molecule has 0 bridgehead atoms. The molecule has 1 N–H and O–H groups in total. The van der Waals surface area contributed by atoms with Crippen molar-refractivity contribution >= 4 is 43.8 Å². The molecule has 0 aliphatic carbocycles. The van der Waals surface area contributed by atoms with E-state index in [9.17, 15) is 4.79 Å². The van der Waals surface area contributed by atoms with Crippen LogP contribution in [0.2, 0.25) is 0 Å². The predicted octanol–water partition coefficient (Wildman–Crippen LogP) is 4.82. The van der Waals surface area contributed by atoms with Crippen LogP contribution in [0.3, 0.4) is 0 Å². The standard InChI is InChI=1S/C19H16BrN5OS/c1-2-4-16-22-23-19-25(16)24-18(27-19)12-7-9-15(10-8-12)21-17(26)13-5-3-6-14(20)11-13/h3,5-11H,2,4H2,1H3,(H,21,26). The van der Waals surface area contributed by atoms with E-state index in [1.165, 1.54) is 11.3 Å². The van der Waals surface area contributed by atoms with Gasteiger partial charge in [0.15, 0.2) is 5.82 Å². The van der Waals surface area contributed by atoms with Gasteiger partial charge in [-0.15, -0.1) is 10.2 Å². The summed E-state index contributed by atoms with van der Waals surface area (Å²) in [6.07, 6.45) is 1.85. The Morgan fingerprint density at radius 1 is 1.19 bits per heavy atom. The number of aryl methyl sites for hydroxylation is 1. The number of anilines is 1. The molecular formula is C19H16BrN5OS. The van der Waals surface area contributed by atoms with Gasteiger partial charge in [0.1, 0.15) is 5.01 Å². The Morgan fingerprint density at radius 3 is 2.74 bits per heavy atom. The number of rotatable bonds is 5. The summed E-state index contributed by atoms with van der Waals surface area (Å²) in [7, 11) is 0. The molecule has 136 valence electrons. The molecule has 8 heteroatoms. The Labute approximate surface area is 168 Å². The lowest BCUT2D eigenvalue weighted by Crippen LogP contribution is -2.11. The number of halogens is 1. The van der Waals surface area contributed by atoms with Crippen molar-refractivity contribution in [2.24, 2.45) is 0 Å². The van der Waals surface area contributed by atoms with E-state index in [1.807, 2.05) is 40.9 Å². The Kier molecular flexibility index (Phi) is 5.00. The minimum Gasteiger partial charge on any atom is -0.322 e. The molecule has 0 unspecified atom stereocenters. The molecule has 0 saturated carbocycles. The molecule has 0 spiro atoms. The molecular weight excluding hydrogens is 426 g/mol. The van der Waals surface area contributed by atoms with Crippen LogP contribution in [0.15, 0.2) is 53.0 Å². The first kappa shape index (κ1) is 17.8. The average molecular weight is 442 g/mol. The van der Waals surface area contributed by atoms with Gasteiger partial charge in [0, 0.05) is 27.7 Å². The zero-order valence-electron chi connectivity index (χ0n) is 14.5. The number of benzene rings is 2. The monoisotopic (exact) mass is 441 g/mol. The Morgan fingerprint density at radius 2 is 2.00 bits per heavy atom.